The summed E-state index contributed by atoms with van der Waals surface area (Å²) in [7, 11) is 0. The van der Waals surface area contributed by atoms with Crippen LogP contribution in [0.15, 0.2) is 60.8 Å². The first-order valence-corrected chi connectivity index (χ1v) is 8.12. The third kappa shape index (κ3) is 2.96. The fraction of sp³-hybridized carbons (Fsp3) is 0.150. The van der Waals surface area contributed by atoms with E-state index < -0.39 is 0 Å². The zero-order valence-corrected chi connectivity index (χ0v) is 13.4. The van der Waals surface area contributed by atoms with Gasteiger partial charge in [0, 0.05) is 23.9 Å². The molecule has 0 spiro atoms. The highest BCUT2D eigenvalue weighted by Gasteiger charge is 2.28. The average Bonchev–Trinajstić information content (AvgIpc) is 2.65. The summed E-state index contributed by atoms with van der Waals surface area (Å²) >= 11 is 0. The fourth-order valence-electron chi connectivity index (χ4n) is 3.18. The lowest BCUT2D eigenvalue weighted by atomic mass is 9.90. The molecule has 1 atom stereocenters. The molecule has 2 aromatic carbocycles. The number of amides is 1. The van der Waals surface area contributed by atoms with E-state index in [-0.39, 0.29) is 30.8 Å². The highest BCUT2D eigenvalue weighted by Crippen LogP contribution is 2.29. The summed E-state index contributed by atoms with van der Waals surface area (Å²) in [5.41, 5.74) is 2.85. The van der Waals surface area contributed by atoms with Crippen molar-refractivity contribution in [3.05, 3.63) is 71.9 Å². The van der Waals surface area contributed by atoms with Crippen molar-refractivity contribution in [2.45, 2.75) is 12.3 Å². The van der Waals surface area contributed by atoms with Gasteiger partial charge >= 0.3 is 5.97 Å². The molecule has 1 aliphatic rings. The van der Waals surface area contributed by atoms with Crippen molar-refractivity contribution in [1.29, 1.82) is 0 Å². The number of cyclic esters (lactones) is 1. The number of hydrogen-bond donors (Lipinski definition) is 1. The molecule has 25 heavy (non-hydrogen) atoms. The first-order chi connectivity index (χ1) is 12.2. The van der Waals surface area contributed by atoms with Crippen LogP contribution in [-0.2, 0) is 9.53 Å². The summed E-state index contributed by atoms with van der Waals surface area (Å²) in [6.07, 6.45) is 1.95. The minimum absolute atomic E-state index is 0.129. The molecule has 1 N–H and O–H groups in total. The zero-order chi connectivity index (χ0) is 17.2. The van der Waals surface area contributed by atoms with E-state index in [1.165, 1.54) is 0 Å². The van der Waals surface area contributed by atoms with Crippen molar-refractivity contribution in [2.24, 2.45) is 0 Å². The van der Waals surface area contributed by atoms with E-state index in [1.54, 1.807) is 18.3 Å². The normalized spacial score (nSPS) is 16.2. The molecule has 1 unspecified atom stereocenters. The van der Waals surface area contributed by atoms with Crippen LogP contribution in [-0.4, -0.2) is 23.5 Å². The molecule has 3 aromatic rings. The van der Waals surface area contributed by atoms with Crippen LogP contribution in [0.5, 0.6) is 0 Å². The molecule has 4 rings (SSSR count). The van der Waals surface area contributed by atoms with E-state index >= 15 is 0 Å². The second-order valence-corrected chi connectivity index (χ2v) is 6.02. The van der Waals surface area contributed by atoms with Crippen molar-refractivity contribution in [3.63, 3.8) is 0 Å². The minimum Gasteiger partial charge on any atom is -0.461 e. The quantitative estimate of drug-likeness (QED) is 0.745. The van der Waals surface area contributed by atoms with Gasteiger partial charge in [-0.25, -0.2) is 4.79 Å². The number of carbonyl (C=O) groups is 2. The summed E-state index contributed by atoms with van der Waals surface area (Å²) in [4.78, 5) is 28.7. The van der Waals surface area contributed by atoms with Crippen LogP contribution in [0.4, 0.5) is 5.69 Å². The molecule has 124 valence electrons. The molecule has 5 nitrogen and oxygen atoms in total. The number of rotatable bonds is 3. The molecule has 0 bridgehead atoms. The molecule has 0 saturated heterocycles. The van der Waals surface area contributed by atoms with E-state index in [9.17, 15) is 9.59 Å². The first-order valence-electron chi connectivity index (χ1n) is 8.12. The van der Waals surface area contributed by atoms with Crippen molar-refractivity contribution >= 4 is 28.5 Å². The Kier molecular flexibility index (Phi) is 3.90. The second-order valence-electron chi connectivity index (χ2n) is 6.02. The molecular weight excluding hydrogens is 316 g/mol. The van der Waals surface area contributed by atoms with E-state index in [2.05, 4.69) is 10.3 Å². The number of nitrogens with zero attached hydrogens (tertiary/aromatic N) is 1. The van der Waals surface area contributed by atoms with Gasteiger partial charge in [-0.2, -0.15) is 0 Å². The molecule has 1 aliphatic heterocycles. The molecule has 0 aliphatic carbocycles. The number of benzene rings is 2. The number of nitrogens with one attached hydrogen (secondary N) is 1. The highest BCUT2D eigenvalue weighted by atomic mass is 16.5. The van der Waals surface area contributed by atoms with Crippen LogP contribution in [0.25, 0.3) is 10.9 Å². The lowest BCUT2D eigenvalue weighted by molar-refractivity contribution is -0.116. The first kappa shape index (κ1) is 15.3. The van der Waals surface area contributed by atoms with E-state index in [1.807, 2.05) is 42.5 Å². The van der Waals surface area contributed by atoms with Gasteiger partial charge in [0.1, 0.15) is 0 Å². The average molecular weight is 332 g/mol. The van der Waals surface area contributed by atoms with E-state index in [0.29, 0.717) is 11.3 Å². The van der Waals surface area contributed by atoms with Crippen LogP contribution in [0.1, 0.15) is 28.3 Å². The SMILES string of the molecule is O=C(CC1COC(=O)c2ccccc21)Nc1cccc2cccnc12. The molecule has 0 saturated carbocycles. The van der Waals surface area contributed by atoms with Crippen LogP contribution >= 0.6 is 0 Å². The van der Waals surface area contributed by atoms with Gasteiger partial charge in [-0.1, -0.05) is 36.4 Å². The lowest BCUT2D eigenvalue weighted by Gasteiger charge is -2.24. The summed E-state index contributed by atoms with van der Waals surface area (Å²) in [6.45, 7) is 0.219. The number of esters is 1. The number of pyridine rings is 1. The number of para-hydroxylation sites is 1. The van der Waals surface area contributed by atoms with Crippen LogP contribution < -0.4 is 5.32 Å². The molecule has 2 heterocycles. The standard InChI is InChI=1S/C20H16N2O3/c23-18(22-17-9-3-5-13-6-4-10-21-19(13)17)11-14-12-25-20(24)16-8-2-1-7-15(14)16/h1-10,14H,11-12H2,(H,22,23). The predicted octanol–water partition coefficient (Wildman–Crippen LogP) is 3.52. The third-order valence-corrected chi connectivity index (χ3v) is 4.37. The van der Waals surface area contributed by atoms with E-state index in [4.69, 9.17) is 4.74 Å². The Labute approximate surface area is 144 Å². The van der Waals surface area contributed by atoms with Crippen molar-refractivity contribution in [3.8, 4) is 0 Å². The maximum absolute atomic E-state index is 12.5. The van der Waals surface area contributed by atoms with Gasteiger partial charge in [-0.3, -0.25) is 9.78 Å². The van der Waals surface area contributed by atoms with Crippen molar-refractivity contribution in [1.82, 2.24) is 4.98 Å². The Bertz CT molecular complexity index is 963. The third-order valence-electron chi connectivity index (χ3n) is 4.37. The number of anilines is 1. The topological polar surface area (TPSA) is 68.3 Å². The zero-order valence-electron chi connectivity index (χ0n) is 13.4. The molecule has 5 heteroatoms. The van der Waals surface area contributed by atoms with Gasteiger partial charge < -0.3 is 10.1 Å². The Balaban J connectivity index is 1.55. The van der Waals surface area contributed by atoms with Gasteiger partial charge in [0.25, 0.3) is 0 Å². The molecular formula is C20H16N2O3. The minimum atomic E-state index is -0.328. The summed E-state index contributed by atoms with van der Waals surface area (Å²) in [5, 5.41) is 3.90. The molecule has 0 radical (unpaired) electrons. The Morgan fingerprint density at radius 3 is 2.88 bits per heavy atom. The molecule has 0 fully saturated rings. The number of fused-ring (bicyclic) bond motifs is 2. The summed E-state index contributed by atoms with van der Waals surface area (Å²) in [6, 6.07) is 16.8. The molecule has 1 amide bonds. The number of ether oxygens (including phenoxy) is 1. The van der Waals surface area contributed by atoms with Gasteiger partial charge in [0.15, 0.2) is 0 Å². The molecule has 1 aromatic heterocycles. The summed E-state index contributed by atoms with van der Waals surface area (Å²) in [5.74, 6) is -0.599. The Hall–Kier alpha value is -3.21. The van der Waals surface area contributed by atoms with Crippen LogP contribution in [0.3, 0.4) is 0 Å². The maximum Gasteiger partial charge on any atom is 0.338 e. The number of aromatic nitrogens is 1. The maximum atomic E-state index is 12.5. The Morgan fingerprint density at radius 1 is 1.12 bits per heavy atom. The second kappa shape index (κ2) is 6.36. The smallest absolute Gasteiger partial charge is 0.338 e. The Morgan fingerprint density at radius 2 is 1.96 bits per heavy atom. The predicted molar refractivity (Wildman–Crippen MR) is 94.5 cm³/mol. The van der Waals surface area contributed by atoms with E-state index in [0.717, 1.165) is 16.5 Å². The van der Waals surface area contributed by atoms with Gasteiger partial charge in [-0.15, -0.1) is 0 Å². The lowest BCUT2D eigenvalue weighted by Crippen LogP contribution is -2.26. The van der Waals surface area contributed by atoms with Crippen molar-refractivity contribution in [2.75, 3.05) is 11.9 Å². The monoisotopic (exact) mass is 332 g/mol. The number of hydrogen-bond acceptors (Lipinski definition) is 4. The number of carbonyl (C=O) groups excluding carboxylic acids is 2. The largest absolute Gasteiger partial charge is 0.461 e. The summed E-state index contributed by atoms with van der Waals surface area (Å²) < 4.78 is 5.21. The van der Waals surface area contributed by atoms with Crippen LogP contribution in [0, 0.1) is 0 Å². The van der Waals surface area contributed by atoms with Gasteiger partial charge in [-0.05, 0) is 23.8 Å². The van der Waals surface area contributed by atoms with Crippen LogP contribution in [0.2, 0.25) is 0 Å². The fourth-order valence-corrected chi connectivity index (χ4v) is 3.18. The van der Waals surface area contributed by atoms with Gasteiger partial charge in [0.2, 0.25) is 5.91 Å². The van der Waals surface area contributed by atoms with Gasteiger partial charge in [0.05, 0.1) is 23.4 Å². The van der Waals surface area contributed by atoms with Crippen molar-refractivity contribution < 1.29 is 14.3 Å². The highest BCUT2D eigenvalue weighted by molar-refractivity contribution is 6.00.